The van der Waals surface area contributed by atoms with Gasteiger partial charge in [0.15, 0.2) is 0 Å². The molecular weight excluding hydrogens is 592 g/mol. The van der Waals surface area contributed by atoms with E-state index in [1.165, 1.54) is 7.11 Å². The number of ether oxygens (including phenoxy) is 1. The number of alkyl carbamates (subject to hydrolysis) is 1. The fraction of sp³-hybridized carbons (Fsp3) is 0.447. The molecule has 2 aromatic rings. The average molecular weight is 637 g/mol. The van der Waals surface area contributed by atoms with Crippen molar-refractivity contribution in [3.8, 4) is 11.1 Å². The maximum atomic E-state index is 13.5. The van der Waals surface area contributed by atoms with Gasteiger partial charge >= 0.3 is 12.1 Å². The molecule has 0 unspecified atom stereocenters. The van der Waals surface area contributed by atoms with E-state index in [0.717, 1.165) is 89.8 Å². The van der Waals surface area contributed by atoms with Crippen LogP contribution in [0.25, 0.3) is 22.3 Å². The molecule has 2 amide bonds. The minimum atomic E-state index is -0.697. The zero-order chi connectivity index (χ0) is 33.1. The van der Waals surface area contributed by atoms with Crippen molar-refractivity contribution >= 4 is 40.5 Å². The van der Waals surface area contributed by atoms with Crippen LogP contribution in [0.15, 0.2) is 70.9 Å². The number of carbonyl (C=O) groups excluding carboxylic acids is 2. The van der Waals surface area contributed by atoms with Gasteiger partial charge in [-0.1, -0.05) is 75.2 Å². The molecule has 1 saturated heterocycles. The molecule has 2 aromatic carbocycles. The topological polar surface area (TPSA) is 121 Å². The van der Waals surface area contributed by atoms with Crippen molar-refractivity contribution in [2.45, 2.75) is 77.3 Å². The monoisotopic (exact) mass is 636 g/mol. The molecule has 0 aromatic heterocycles. The highest BCUT2D eigenvalue weighted by Crippen LogP contribution is 2.37. The number of hydrogen-bond acceptors (Lipinski definition) is 6. The van der Waals surface area contributed by atoms with Gasteiger partial charge in [-0.2, -0.15) is 0 Å². The van der Waals surface area contributed by atoms with E-state index in [0.29, 0.717) is 13.0 Å². The zero-order valence-electron chi connectivity index (χ0n) is 27.4. The third kappa shape index (κ3) is 6.94. The van der Waals surface area contributed by atoms with Crippen LogP contribution in [0.1, 0.15) is 76.3 Å². The van der Waals surface area contributed by atoms with Crippen molar-refractivity contribution in [3.05, 3.63) is 72.1 Å². The SMILES string of the molecule is COC(=O)N[C@H](C(=O)N1CCC[C@H]1C1=NC=C(c2ccc(-c3ccc(C4=CN=C([C@H]5CCCC[C@@H]5C(=O)O)C4)cc3)cc2)C1)C(C)C. The second kappa shape index (κ2) is 14.1. The summed E-state index contributed by atoms with van der Waals surface area (Å²) in [6, 6.07) is 16.3. The number of benzene rings is 2. The fourth-order valence-electron chi connectivity index (χ4n) is 7.51. The Morgan fingerprint density at radius 2 is 1.36 bits per heavy atom. The van der Waals surface area contributed by atoms with E-state index >= 15 is 0 Å². The molecule has 0 spiro atoms. The first kappa shape index (κ1) is 32.4. The third-order valence-electron chi connectivity index (χ3n) is 10.2. The van der Waals surface area contributed by atoms with Gasteiger partial charge in [-0.05, 0) is 65.0 Å². The Bertz CT molecular complexity index is 1640. The van der Waals surface area contributed by atoms with E-state index in [2.05, 4.69) is 58.8 Å². The normalized spacial score (nSPS) is 23.1. The Kier molecular flexibility index (Phi) is 9.71. The summed E-state index contributed by atoms with van der Waals surface area (Å²) in [5.74, 6) is -1.14. The predicted molar refractivity (Wildman–Crippen MR) is 184 cm³/mol. The third-order valence-corrected chi connectivity index (χ3v) is 10.2. The molecule has 0 radical (unpaired) electrons. The summed E-state index contributed by atoms with van der Waals surface area (Å²) < 4.78 is 4.75. The minimum Gasteiger partial charge on any atom is -0.481 e. The number of allylic oxidation sites excluding steroid dienone is 2. The molecule has 47 heavy (non-hydrogen) atoms. The highest BCUT2D eigenvalue weighted by Gasteiger charge is 2.39. The second-order valence-corrected chi connectivity index (χ2v) is 13.4. The van der Waals surface area contributed by atoms with Gasteiger partial charge in [-0.25, -0.2) is 4.79 Å². The van der Waals surface area contributed by atoms with Gasteiger partial charge in [-0.3, -0.25) is 19.6 Å². The lowest BCUT2D eigenvalue weighted by Gasteiger charge is -2.31. The number of nitrogens with one attached hydrogen (secondary N) is 1. The van der Waals surface area contributed by atoms with E-state index in [1.54, 1.807) is 0 Å². The van der Waals surface area contributed by atoms with Crippen LogP contribution in [0, 0.1) is 17.8 Å². The van der Waals surface area contributed by atoms with E-state index in [9.17, 15) is 19.5 Å². The molecule has 3 heterocycles. The number of carbonyl (C=O) groups is 3. The molecule has 246 valence electrons. The molecule has 1 aliphatic carbocycles. The van der Waals surface area contributed by atoms with Gasteiger partial charge in [0.25, 0.3) is 0 Å². The van der Waals surface area contributed by atoms with Crippen LogP contribution < -0.4 is 5.32 Å². The number of aliphatic imine (C=N–C) groups is 2. The van der Waals surface area contributed by atoms with Gasteiger partial charge < -0.3 is 20.1 Å². The standard InChI is InChI=1S/C38H44N4O5/c1-23(2)35(41-38(46)47-3)36(43)42-18-6-9-34(42)33-20-29(22-40-33)27-16-12-25(13-17-27)24-10-14-26(15-11-24)28-19-32(39-21-28)30-7-4-5-8-31(30)37(44)45/h10-17,21-23,30-31,34-35H,4-9,18-20H2,1-3H3,(H,41,46)(H,44,45)/t30-,31-,34-,35-/m0/s1. The number of nitrogens with zero attached hydrogens (tertiary/aromatic N) is 3. The second-order valence-electron chi connectivity index (χ2n) is 13.4. The first-order chi connectivity index (χ1) is 22.7. The van der Waals surface area contributed by atoms with Crippen molar-refractivity contribution in [1.29, 1.82) is 0 Å². The van der Waals surface area contributed by atoms with E-state index in [4.69, 9.17) is 9.73 Å². The lowest BCUT2D eigenvalue weighted by molar-refractivity contribution is -0.143. The minimum absolute atomic E-state index is 0.0383. The van der Waals surface area contributed by atoms with Crippen molar-refractivity contribution in [2.75, 3.05) is 13.7 Å². The number of carboxylic acid groups (broad SMARTS) is 1. The van der Waals surface area contributed by atoms with Crippen molar-refractivity contribution in [2.24, 2.45) is 27.7 Å². The van der Waals surface area contributed by atoms with Crippen molar-refractivity contribution in [3.63, 3.8) is 0 Å². The molecule has 9 nitrogen and oxygen atoms in total. The van der Waals surface area contributed by atoms with Crippen molar-refractivity contribution in [1.82, 2.24) is 10.2 Å². The van der Waals surface area contributed by atoms with E-state index in [1.807, 2.05) is 31.1 Å². The molecule has 2 fully saturated rings. The predicted octanol–water partition coefficient (Wildman–Crippen LogP) is 6.99. The van der Waals surface area contributed by atoms with Crippen molar-refractivity contribution < 1.29 is 24.2 Å². The first-order valence-corrected chi connectivity index (χ1v) is 16.8. The van der Waals surface area contributed by atoms with Crippen LogP contribution in [-0.4, -0.2) is 65.1 Å². The van der Waals surface area contributed by atoms with Crippen LogP contribution in [-0.2, 0) is 14.3 Å². The number of hydrogen-bond donors (Lipinski definition) is 2. The Morgan fingerprint density at radius 1 is 0.809 bits per heavy atom. The Hall–Kier alpha value is -4.53. The average Bonchev–Trinajstić information content (AvgIpc) is 3.88. The largest absolute Gasteiger partial charge is 0.481 e. The summed E-state index contributed by atoms with van der Waals surface area (Å²) in [6.45, 7) is 4.49. The molecule has 6 rings (SSSR count). The summed E-state index contributed by atoms with van der Waals surface area (Å²) in [5.41, 5.74) is 8.74. The molecular formula is C38H44N4O5. The van der Waals surface area contributed by atoms with Gasteiger partial charge in [0, 0.05) is 49.1 Å². The smallest absolute Gasteiger partial charge is 0.407 e. The van der Waals surface area contributed by atoms with Crippen LogP contribution in [0.4, 0.5) is 4.79 Å². The van der Waals surface area contributed by atoms with E-state index < -0.39 is 18.1 Å². The number of methoxy groups -OCH3 is 1. The summed E-state index contributed by atoms with van der Waals surface area (Å²) >= 11 is 0. The summed E-state index contributed by atoms with van der Waals surface area (Å²) in [6.07, 6.45) is 10.1. The Labute approximate surface area is 276 Å². The van der Waals surface area contributed by atoms with Gasteiger partial charge in [0.05, 0.1) is 19.1 Å². The molecule has 3 aliphatic heterocycles. The number of amides is 2. The molecule has 4 atom stereocenters. The maximum Gasteiger partial charge on any atom is 0.407 e. The molecule has 4 aliphatic rings. The quantitative estimate of drug-likeness (QED) is 0.308. The van der Waals surface area contributed by atoms with Gasteiger partial charge in [0.2, 0.25) is 5.91 Å². The fourth-order valence-corrected chi connectivity index (χ4v) is 7.51. The summed E-state index contributed by atoms with van der Waals surface area (Å²) in [4.78, 5) is 48.5. The zero-order valence-corrected chi connectivity index (χ0v) is 27.4. The number of carboxylic acids is 1. The molecule has 1 saturated carbocycles. The van der Waals surface area contributed by atoms with Crippen LogP contribution in [0.5, 0.6) is 0 Å². The summed E-state index contributed by atoms with van der Waals surface area (Å²) in [5, 5.41) is 12.4. The number of rotatable bonds is 9. The van der Waals surface area contributed by atoms with Crippen LogP contribution in [0.3, 0.4) is 0 Å². The lowest BCUT2D eigenvalue weighted by Crippen LogP contribution is -2.53. The van der Waals surface area contributed by atoms with Gasteiger partial charge in [0.1, 0.15) is 6.04 Å². The first-order valence-electron chi connectivity index (χ1n) is 16.8. The van der Waals surface area contributed by atoms with Gasteiger partial charge in [-0.15, -0.1) is 0 Å². The molecule has 9 heteroatoms. The highest BCUT2D eigenvalue weighted by molar-refractivity contribution is 6.04. The highest BCUT2D eigenvalue weighted by atomic mass is 16.5. The number of likely N-dealkylation sites (tertiary alicyclic amines) is 1. The molecule has 2 N–H and O–H groups in total. The van der Waals surface area contributed by atoms with E-state index in [-0.39, 0.29) is 29.7 Å². The summed E-state index contributed by atoms with van der Waals surface area (Å²) in [7, 11) is 1.30. The number of aliphatic carboxylic acids is 1. The Morgan fingerprint density at radius 3 is 1.94 bits per heavy atom. The van der Waals surface area contributed by atoms with Crippen LogP contribution in [0.2, 0.25) is 0 Å². The molecule has 0 bridgehead atoms. The Balaban J connectivity index is 1.05. The maximum absolute atomic E-state index is 13.5. The van der Waals surface area contributed by atoms with Crippen LogP contribution >= 0.6 is 0 Å². The lowest BCUT2D eigenvalue weighted by atomic mass is 9.75.